The maximum atomic E-state index is 12.3. The van der Waals surface area contributed by atoms with Crippen LogP contribution in [0.3, 0.4) is 0 Å². The summed E-state index contributed by atoms with van der Waals surface area (Å²) in [6.45, 7) is 0.506. The summed E-state index contributed by atoms with van der Waals surface area (Å²) in [4.78, 5) is 12.3. The van der Waals surface area contributed by atoms with Crippen molar-refractivity contribution in [2.75, 3.05) is 0 Å². The third-order valence-corrected chi connectivity index (χ3v) is 4.72. The average molecular weight is 431 g/mol. The number of amides is 1. The zero-order valence-corrected chi connectivity index (χ0v) is 17.2. The molecule has 0 saturated carbocycles. The molecule has 1 aromatic heterocycles. The number of nitrogens with one attached hydrogen (secondary N) is 2. The molecule has 154 valence electrons. The van der Waals surface area contributed by atoms with Gasteiger partial charge in [-0.15, -0.1) is 0 Å². The van der Waals surface area contributed by atoms with Gasteiger partial charge in [-0.3, -0.25) is 9.89 Å². The molecule has 7 heteroatoms. The highest BCUT2D eigenvalue weighted by molar-refractivity contribution is 6.30. The van der Waals surface area contributed by atoms with E-state index in [-0.39, 0.29) is 5.91 Å². The van der Waals surface area contributed by atoms with Crippen molar-refractivity contribution in [3.8, 4) is 17.0 Å². The van der Waals surface area contributed by atoms with Gasteiger partial charge in [-0.2, -0.15) is 10.2 Å². The van der Waals surface area contributed by atoms with Crippen LogP contribution in [0, 0.1) is 0 Å². The second kappa shape index (κ2) is 9.73. The van der Waals surface area contributed by atoms with Crippen LogP contribution in [0.2, 0.25) is 5.02 Å². The van der Waals surface area contributed by atoms with Gasteiger partial charge in [-0.1, -0.05) is 54.1 Å². The number of carbonyl (C=O) groups is 1. The number of nitrogens with zero attached hydrogens (tertiary/aromatic N) is 2. The van der Waals surface area contributed by atoms with Gasteiger partial charge in [-0.05, 0) is 53.6 Å². The lowest BCUT2D eigenvalue weighted by Crippen LogP contribution is -2.17. The van der Waals surface area contributed by atoms with Gasteiger partial charge >= 0.3 is 0 Å². The summed E-state index contributed by atoms with van der Waals surface area (Å²) in [6.07, 6.45) is 1.56. The fourth-order valence-electron chi connectivity index (χ4n) is 2.82. The normalized spacial score (nSPS) is 10.9. The van der Waals surface area contributed by atoms with Gasteiger partial charge in [0.25, 0.3) is 5.91 Å². The molecule has 0 spiro atoms. The zero-order valence-electron chi connectivity index (χ0n) is 16.5. The van der Waals surface area contributed by atoms with E-state index in [1.807, 2.05) is 66.7 Å². The average Bonchev–Trinajstić information content (AvgIpc) is 3.30. The Kier molecular flexibility index (Phi) is 6.40. The summed E-state index contributed by atoms with van der Waals surface area (Å²) < 4.78 is 5.76. The quantitative estimate of drug-likeness (QED) is 0.317. The topological polar surface area (TPSA) is 79.4 Å². The van der Waals surface area contributed by atoms with Crippen LogP contribution in [0.25, 0.3) is 11.3 Å². The van der Waals surface area contributed by atoms with E-state index in [9.17, 15) is 4.79 Å². The Hall–Kier alpha value is -3.90. The van der Waals surface area contributed by atoms with Crippen LogP contribution in [0.4, 0.5) is 0 Å². The Balaban J connectivity index is 1.30. The lowest BCUT2D eigenvalue weighted by molar-refractivity contribution is 0.0950. The Morgan fingerprint density at radius 1 is 1.03 bits per heavy atom. The van der Waals surface area contributed by atoms with Crippen molar-refractivity contribution in [3.05, 3.63) is 107 Å². The predicted octanol–water partition coefficient (Wildman–Crippen LogP) is 5.07. The smallest absolute Gasteiger partial charge is 0.289 e. The van der Waals surface area contributed by atoms with E-state index in [4.69, 9.17) is 16.3 Å². The van der Waals surface area contributed by atoms with E-state index in [0.717, 1.165) is 22.4 Å². The summed E-state index contributed by atoms with van der Waals surface area (Å²) in [5, 5.41) is 11.5. The van der Waals surface area contributed by atoms with Crippen molar-refractivity contribution < 1.29 is 9.53 Å². The van der Waals surface area contributed by atoms with E-state index in [2.05, 4.69) is 20.7 Å². The molecule has 6 nitrogen and oxygen atoms in total. The van der Waals surface area contributed by atoms with Crippen LogP contribution in [-0.4, -0.2) is 22.3 Å². The molecule has 4 aromatic rings. The van der Waals surface area contributed by atoms with Gasteiger partial charge in [0.1, 0.15) is 18.1 Å². The molecular weight excluding hydrogens is 412 g/mol. The molecule has 0 unspecified atom stereocenters. The molecule has 0 bridgehead atoms. The number of rotatable bonds is 7. The van der Waals surface area contributed by atoms with Crippen LogP contribution < -0.4 is 10.2 Å². The van der Waals surface area contributed by atoms with Crippen molar-refractivity contribution in [2.24, 2.45) is 5.10 Å². The Morgan fingerprint density at radius 3 is 2.52 bits per heavy atom. The highest BCUT2D eigenvalue weighted by Gasteiger charge is 2.10. The predicted molar refractivity (Wildman–Crippen MR) is 121 cm³/mol. The number of halogens is 1. The third-order valence-electron chi connectivity index (χ3n) is 4.47. The molecule has 0 saturated heterocycles. The minimum Gasteiger partial charge on any atom is -0.489 e. The third kappa shape index (κ3) is 5.58. The molecule has 0 radical (unpaired) electrons. The molecule has 0 atom stereocenters. The van der Waals surface area contributed by atoms with E-state index >= 15 is 0 Å². The lowest BCUT2D eigenvalue weighted by Gasteiger charge is -2.06. The maximum absolute atomic E-state index is 12.3. The van der Waals surface area contributed by atoms with Crippen molar-refractivity contribution >= 4 is 23.7 Å². The number of ether oxygens (including phenoxy) is 1. The number of H-pyrrole nitrogens is 1. The van der Waals surface area contributed by atoms with Crippen LogP contribution in [0.1, 0.15) is 21.6 Å². The van der Waals surface area contributed by atoms with Gasteiger partial charge in [-0.25, -0.2) is 5.43 Å². The SMILES string of the molecule is O=C(N/N=C\c1ccc(OCc2ccccc2)cc1)c1cc(-c2ccc(Cl)cc2)n[nH]1. The standard InChI is InChI=1S/C24H19ClN4O2/c25-20-10-8-19(9-11-20)22-14-23(28-27-22)24(30)29-26-15-17-6-12-21(13-7-17)31-16-18-4-2-1-3-5-18/h1-15H,16H2,(H,27,28)(H,29,30)/b26-15-. The summed E-state index contributed by atoms with van der Waals surface area (Å²) in [5.74, 6) is 0.379. The monoisotopic (exact) mass is 430 g/mol. The number of aromatic amines is 1. The van der Waals surface area contributed by atoms with Crippen molar-refractivity contribution in [3.63, 3.8) is 0 Å². The van der Waals surface area contributed by atoms with Crippen molar-refractivity contribution in [1.82, 2.24) is 15.6 Å². The van der Waals surface area contributed by atoms with Crippen LogP contribution in [0.15, 0.2) is 90.0 Å². The van der Waals surface area contributed by atoms with E-state index < -0.39 is 0 Å². The fourth-order valence-corrected chi connectivity index (χ4v) is 2.95. The van der Waals surface area contributed by atoms with E-state index in [1.165, 1.54) is 0 Å². The number of hydrogen-bond acceptors (Lipinski definition) is 4. The summed E-state index contributed by atoms with van der Waals surface area (Å²) in [6, 6.07) is 26.3. The summed E-state index contributed by atoms with van der Waals surface area (Å²) in [7, 11) is 0. The Morgan fingerprint density at radius 2 is 1.77 bits per heavy atom. The molecule has 0 aliphatic rings. The molecule has 0 fully saturated rings. The van der Waals surface area contributed by atoms with Gasteiger partial charge in [0.2, 0.25) is 0 Å². The van der Waals surface area contributed by atoms with Crippen LogP contribution >= 0.6 is 11.6 Å². The molecule has 0 aliphatic heterocycles. The number of benzene rings is 3. The van der Waals surface area contributed by atoms with Gasteiger partial charge in [0.05, 0.1) is 11.9 Å². The molecule has 2 N–H and O–H groups in total. The first-order valence-corrected chi connectivity index (χ1v) is 9.97. The van der Waals surface area contributed by atoms with Gasteiger partial charge in [0, 0.05) is 10.6 Å². The number of hydrazone groups is 1. The molecule has 3 aromatic carbocycles. The van der Waals surface area contributed by atoms with E-state index in [0.29, 0.717) is 23.0 Å². The maximum Gasteiger partial charge on any atom is 0.289 e. The number of hydrogen-bond donors (Lipinski definition) is 2. The second-order valence-corrected chi connectivity index (χ2v) is 7.15. The molecule has 4 rings (SSSR count). The second-order valence-electron chi connectivity index (χ2n) is 6.72. The van der Waals surface area contributed by atoms with Gasteiger partial charge in [0.15, 0.2) is 0 Å². The largest absolute Gasteiger partial charge is 0.489 e. The first kappa shape index (κ1) is 20.4. The highest BCUT2D eigenvalue weighted by Crippen LogP contribution is 2.20. The van der Waals surface area contributed by atoms with Gasteiger partial charge < -0.3 is 4.74 Å². The molecule has 31 heavy (non-hydrogen) atoms. The summed E-state index contributed by atoms with van der Waals surface area (Å²) in [5.41, 5.74) is 6.25. The summed E-state index contributed by atoms with van der Waals surface area (Å²) >= 11 is 5.90. The van der Waals surface area contributed by atoms with Crippen LogP contribution in [-0.2, 0) is 6.61 Å². The number of aromatic nitrogens is 2. The highest BCUT2D eigenvalue weighted by atomic mass is 35.5. The van der Waals surface area contributed by atoms with Crippen molar-refractivity contribution in [2.45, 2.75) is 6.61 Å². The Labute approximate surface area is 184 Å². The van der Waals surface area contributed by atoms with E-state index in [1.54, 1.807) is 24.4 Å². The Bertz CT molecular complexity index is 1170. The lowest BCUT2D eigenvalue weighted by atomic mass is 10.1. The first-order valence-electron chi connectivity index (χ1n) is 9.59. The number of carbonyl (C=O) groups excluding carboxylic acids is 1. The minimum absolute atomic E-state index is 0.312. The van der Waals surface area contributed by atoms with Crippen LogP contribution in [0.5, 0.6) is 5.75 Å². The fraction of sp³-hybridized carbons (Fsp3) is 0.0417. The molecule has 1 heterocycles. The molecule has 1 amide bonds. The first-order chi connectivity index (χ1) is 15.2. The molecule has 0 aliphatic carbocycles. The zero-order chi connectivity index (χ0) is 21.5. The minimum atomic E-state index is -0.383. The molecular formula is C24H19ClN4O2. The van der Waals surface area contributed by atoms with Crippen molar-refractivity contribution in [1.29, 1.82) is 0 Å².